The maximum Gasteiger partial charge on any atom is 0.273 e. The van der Waals surface area contributed by atoms with E-state index in [1.54, 1.807) is 25.1 Å². The number of para-hydroxylation sites is 1. The quantitative estimate of drug-likeness (QED) is 0.597. The minimum atomic E-state index is -3.08. The summed E-state index contributed by atoms with van der Waals surface area (Å²) < 4.78 is 23.1. The van der Waals surface area contributed by atoms with Gasteiger partial charge in [-0.1, -0.05) is 18.2 Å². The van der Waals surface area contributed by atoms with Crippen molar-refractivity contribution >= 4 is 21.4 Å². The van der Waals surface area contributed by atoms with Gasteiger partial charge in [-0.15, -0.1) is 0 Å². The van der Waals surface area contributed by atoms with Gasteiger partial charge in [0, 0.05) is 24.2 Å². The number of nitro benzene ring substituents is 1. The van der Waals surface area contributed by atoms with Gasteiger partial charge in [-0.05, 0) is 13.3 Å². The lowest BCUT2D eigenvalue weighted by Gasteiger charge is -2.26. The van der Waals surface area contributed by atoms with Crippen LogP contribution in [0.15, 0.2) is 24.3 Å². The summed E-state index contributed by atoms with van der Waals surface area (Å²) in [5.74, 6) is -0.213. The summed E-state index contributed by atoms with van der Waals surface area (Å²) in [4.78, 5) is 24.4. The molecule has 1 heterocycles. The highest BCUT2D eigenvalue weighted by molar-refractivity contribution is 7.91. The van der Waals surface area contributed by atoms with E-state index in [9.17, 15) is 23.3 Å². The van der Waals surface area contributed by atoms with E-state index in [1.807, 2.05) is 0 Å². The fourth-order valence-corrected chi connectivity index (χ4v) is 4.49. The van der Waals surface area contributed by atoms with Crippen molar-refractivity contribution in [2.24, 2.45) is 0 Å². The van der Waals surface area contributed by atoms with E-state index in [-0.39, 0.29) is 35.6 Å². The minimum Gasteiger partial charge on any atom is -0.339 e. The molecule has 0 spiro atoms. The van der Waals surface area contributed by atoms with Crippen LogP contribution in [0, 0.1) is 10.1 Å². The van der Waals surface area contributed by atoms with Crippen LogP contribution < -0.4 is 0 Å². The van der Waals surface area contributed by atoms with Crippen molar-refractivity contribution < 1.29 is 18.1 Å². The molecule has 22 heavy (non-hydrogen) atoms. The lowest BCUT2D eigenvalue weighted by atomic mass is 10.1. The van der Waals surface area contributed by atoms with E-state index in [4.69, 9.17) is 0 Å². The first kappa shape index (κ1) is 16.4. The zero-order valence-electron chi connectivity index (χ0n) is 12.3. The molecule has 0 unspecified atom stereocenters. The van der Waals surface area contributed by atoms with Crippen molar-refractivity contribution in [3.05, 3.63) is 39.9 Å². The number of hydrogen-bond acceptors (Lipinski definition) is 5. The number of nitro groups is 1. The number of sulfone groups is 1. The van der Waals surface area contributed by atoms with Crippen molar-refractivity contribution in [2.45, 2.75) is 25.8 Å². The van der Waals surface area contributed by atoms with Gasteiger partial charge in [0.1, 0.15) is 0 Å². The first-order valence-corrected chi connectivity index (χ1v) is 8.88. The predicted molar refractivity (Wildman–Crippen MR) is 81.2 cm³/mol. The van der Waals surface area contributed by atoms with E-state index in [2.05, 4.69) is 0 Å². The zero-order valence-corrected chi connectivity index (χ0v) is 13.1. The topological polar surface area (TPSA) is 97.6 Å². The molecule has 7 nitrogen and oxygen atoms in total. The van der Waals surface area contributed by atoms with Gasteiger partial charge in [0.25, 0.3) is 5.69 Å². The standard InChI is InChI=1S/C14H18N2O5S/c1-2-15(12-7-8-22(20,21)10-12)14(17)9-11-5-3-4-6-13(11)16(18)19/h3-6,12H,2,7-10H2,1H3/t12-/m1/s1. The van der Waals surface area contributed by atoms with Crippen LogP contribution in [0.2, 0.25) is 0 Å². The molecule has 1 aromatic rings. The Bertz CT molecular complexity index is 686. The first-order chi connectivity index (χ1) is 10.3. The summed E-state index contributed by atoms with van der Waals surface area (Å²) in [7, 11) is -3.08. The molecule has 0 bridgehead atoms. The van der Waals surface area contributed by atoms with Crippen LogP contribution in [0.4, 0.5) is 5.69 Å². The Morgan fingerprint density at radius 1 is 1.41 bits per heavy atom. The summed E-state index contributed by atoms with van der Waals surface area (Å²) in [6.07, 6.45) is 0.334. The number of likely N-dealkylation sites (N-methyl/N-ethyl adjacent to an activating group) is 1. The van der Waals surface area contributed by atoms with Gasteiger partial charge in [0.15, 0.2) is 9.84 Å². The molecule has 0 aliphatic carbocycles. The number of rotatable bonds is 5. The van der Waals surface area contributed by atoms with Gasteiger partial charge in [0.05, 0.1) is 22.8 Å². The fourth-order valence-electron chi connectivity index (χ4n) is 2.76. The average molecular weight is 326 g/mol. The van der Waals surface area contributed by atoms with Crippen molar-refractivity contribution in [3.8, 4) is 0 Å². The Kier molecular flexibility index (Phi) is 4.80. The second-order valence-electron chi connectivity index (χ2n) is 5.30. The second-order valence-corrected chi connectivity index (χ2v) is 7.53. The third kappa shape index (κ3) is 3.62. The average Bonchev–Trinajstić information content (AvgIpc) is 2.80. The number of carbonyl (C=O) groups excluding carboxylic acids is 1. The fraction of sp³-hybridized carbons (Fsp3) is 0.500. The Morgan fingerprint density at radius 2 is 2.09 bits per heavy atom. The van der Waals surface area contributed by atoms with Crippen LogP contribution in [-0.2, 0) is 21.1 Å². The molecule has 1 atom stereocenters. The number of amides is 1. The van der Waals surface area contributed by atoms with Crippen LogP contribution in [0.5, 0.6) is 0 Å². The normalized spacial score (nSPS) is 19.8. The monoisotopic (exact) mass is 326 g/mol. The van der Waals surface area contributed by atoms with Crippen molar-refractivity contribution in [1.82, 2.24) is 4.90 Å². The van der Waals surface area contributed by atoms with Crippen molar-refractivity contribution in [2.75, 3.05) is 18.1 Å². The number of carbonyl (C=O) groups is 1. The minimum absolute atomic E-state index is 0.0243. The highest BCUT2D eigenvalue weighted by Crippen LogP contribution is 2.22. The van der Waals surface area contributed by atoms with Gasteiger partial charge in [-0.3, -0.25) is 14.9 Å². The second kappa shape index (κ2) is 6.43. The van der Waals surface area contributed by atoms with E-state index >= 15 is 0 Å². The molecule has 0 radical (unpaired) electrons. The molecule has 8 heteroatoms. The highest BCUT2D eigenvalue weighted by Gasteiger charge is 2.34. The van der Waals surface area contributed by atoms with Crippen LogP contribution in [-0.4, -0.2) is 48.2 Å². The Labute approximate surface area is 129 Å². The van der Waals surface area contributed by atoms with Crippen LogP contribution >= 0.6 is 0 Å². The third-order valence-electron chi connectivity index (χ3n) is 3.84. The summed E-state index contributed by atoms with van der Waals surface area (Å²) in [6, 6.07) is 5.78. The molecule has 1 amide bonds. The summed E-state index contributed by atoms with van der Waals surface area (Å²) in [6.45, 7) is 2.17. The van der Waals surface area contributed by atoms with Gasteiger partial charge in [-0.25, -0.2) is 8.42 Å². The Hall–Kier alpha value is -1.96. The molecule has 2 rings (SSSR count). The van der Waals surface area contributed by atoms with E-state index in [0.717, 1.165) is 0 Å². The van der Waals surface area contributed by atoms with Crippen LogP contribution in [0.3, 0.4) is 0 Å². The molecule has 1 saturated heterocycles. The predicted octanol–water partition coefficient (Wildman–Crippen LogP) is 1.17. The lowest BCUT2D eigenvalue weighted by Crippen LogP contribution is -2.41. The maximum atomic E-state index is 12.4. The Morgan fingerprint density at radius 3 is 2.64 bits per heavy atom. The van der Waals surface area contributed by atoms with Gasteiger partial charge in [-0.2, -0.15) is 0 Å². The van der Waals surface area contributed by atoms with Crippen molar-refractivity contribution in [3.63, 3.8) is 0 Å². The molecule has 120 valence electrons. The van der Waals surface area contributed by atoms with E-state index < -0.39 is 14.8 Å². The molecule has 1 aromatic carbocycles. The molecule has 1 fully saturated rings. The van der Waals surface area contributed by atoms with E-state index in [1.165, 1.54) is 11.0 Å². The summed E-state index contributed by atoms with van der Waals surface area (Å²) in [5, 5.41) is 11.0. The van der Waals surface area contributed by atoms with E-state index in [0.29, 0.717) is 18.5 Å². The zero-order chi connectivity index (χ0) is 16.3. The molecule has 1 aliphatic heterocycles. The number of benzene rings is 1. The highest BCUT2D eigenvalue weighted by atomic mass is 32.2. The molecule has 0 N–H and O–H groups in total. The SMILES string of the molecule is CCN(C(=O)Cc1ccccc1[N+](=O)[O-])[C@@H]1CCS(=O)(=O)C1. The van der Waals surface area contributed by atoms with Crippen LogP contribution in [0.1, 0.15) is 18.9 Å². The smallest absolute Gasteiger partial charge is 0.273 e. The first-order valence-electron chi connectivity index (χ1n) is 7.06. The van der Waals surface area contributed by atoms with Crippen LogP contribution in [0.25, 0.3) is 0 Å². The molecular formula is C14H18N2O5S. The maximum absolute atomic E-state index is 12.4. The molecule has 1 aliphatic rings. The molecular weight excluding hydrogens is 308 g/mol. The van der Waals surface area contributed by atoms with Gasteiger partial charge in [0.2, 0.25) is 5.91 Å². The lowest BCUT2D eigenvalue weighted by molar-refractivity contribution is -0.385. The van der Waals surface area contributed by atoms with Gasteiger partial charge >= 0.3 is 0 Å². The summed E-state index contributed by atoms with van der Waals surface area (Å²) >= 11 is 0. The van der Waals surface area contributed by atoms with Gasteiger partial charge < -0.3 is 4.90 Å². The molecule has 0 saturated carbocycles. The van der Waals surface area contributed by atoms with Crippen molar-refractivity contribution in [1.29, 1.82) is 0 Å². The number of hydrogen-bond donors (Lipinski definition) is 0. The Balaban J connectivity index is 2.15. The summed E-state index contributed by atoms with van der Waals surface area (Å²) in [5.41, 5.74) is 0.253. The molecule has 0 aromatic heterocycles. The number of nitrogens with zero attached hydrogens (tertiary/aromatic N) is 2. The third-order valence-corrected chi connectivity index (χ3v) is 5.59. The largest absolute Gasteiger partial charge is 0.339 e.